The molecule has 0 unspecified atom stereocenters. The topological polar surface area (TPSA) is 103 Å². The highest BCUT2D eigenvalue weighted by atomic mass is 16.5. The molecule has 0 radical (unpaired) electrons. The molecule has 0 aliphatic heterocycles. The highest BCUT2D eigenvalue weighted by Crippen LogP contribution is 2.21. The zero-order chi connectivity index (χ0) is 15.7. The summed E-state index contributed by atoms with van der Waals surface area (Å²) in [5, 5.41) is 5.33. The molecule has 0 aromatic heterocycles. The first-order valence-corrected chi connectivity index (χ1v) is 6.55. The third-order valence-corrected chi connectivity index (χ3v) is 2.76. The Morgan fingerprint density at radius 2 is 1.95 bits per heavy atom. The lowest BCUT2D eigenvalue weighted by atomic mass is 10.1. The number of hydrogen-bond donors (Lipinski definition) is 3. The maximum atomic E-state index is 11.9. The van der Waals surface area contributed by atoms with Crippen LogP contribution < -0.4 is 21.1 Å². The van der Waals surface area contributed by atoms with Gasteiger partial charge in [0, 0.05) is 32.2 Å². The number of nitrogens with one attached hydrogen (secondary N) is 2. The Labute approximate surface area is 123 Å². The number of carbonyl (C=O) groups is 2. The monoisotopic (exact) mass is 295 g/mol. The molecule has 0 saturated carbocycles. The van der Waals surface area contributed by atoms with Gasteiger partial charge in [-0.2, -0.15) is 0 Å². The van der Waals surface area contributed by atoms with Crippen molar-refractivity contribution in [3.05, 3.63) is 23.8 Å². The van der Waals surface area contributed by atoms with Crippen molar-refractivity contribution in [2.45, 2.75) is 6.42 Å². The number of ether oxygens (including phenoxy) is 2. The summed E-state index contributed by atoms with van der Waals surface area (Å²) in [7, 11) is 3.07. The van der Waals surface area contributed by atoms with Crippen LogP contribution in [0.5, 0.6) is 5.75 Å². The average Bonchev–Trinajstić information content (AvgIpc) is 2.47. The summed E-state index contributed by atoms with van der Waals surface area (Å²) >= 11 is 0. The van der Waals surface area contributed by atoms with Crippen molar-refractivity contribution in [1.29, 1.82) is 0 Å². The van der Waals surface area contributed by atoms with E-state index in [1.54, 1.807) is 19.2 Å². The highest BCUT2D eigenvalue weighted by Gasteiger charge is 2.09. The summed E-state index contributed by atoms with van der Waals surface area (Å²) < 4.78 is 9.84. The van der Waals surface area contributed by atoms with Crippen molar-refractivity contribution in [2.24, 2.45) is 0 Å². The average molecular weight is 295 g/mol. The van der Waals surface area contributed by atoms with Gasteiger partial charge in [-0.1, -0.05) is 0 Å². The molecular weight excluding hydrogens is 274 g/mol. The van der Waals surface area contributed by atoms with Crippen molar-refractivity contribution >= 4 is 17.5 Å². The lowest BCUT2D eigenvalue weighted by molar-refractivity contribution is -0.121. The van der Waals surface area contributed by atoms with E-state index in [0.29, 0.717) is 30.2 Å². The Morgan fingerprint density at radius 3 is 2.57 bits per heavy atom. The molecule has 1 rings (SSSR count). The lowest BCUT2D eigenvalue weighted by Gasteiger charge is -2.08. The van der Waals surface area contributed by atoms with Crippen molar-refractivity contribution in [2.75, 3.05) is 39.6 Å². The van der Waals surface area contributed by atoms with Gasteiger partial charge < -0.3 is 25.8 Å². The van der Waals surface area contributed by atoms with Gasteiger partial charge in [-0.25, -0.2) is 0 Å². The third-order valence-electron chi connectivity index (χ3n) is 2.76. The van der Waals surface area contributed by atoms with Crippen LogP contribution in [0.3, 0.4) is 0 Å². The number of rotatable bonds is 8. The number of nitrogen functional groups attached to an aromatic ring is 1. The van der Waals surface area contributed by atoms with Gasteiger partial charge in [0.2, 0.25) is 5.91 Å². The van der Waals surface area contributed by atoms with Crippen LogP contribution in [0.2, 0.25) is 0 Å². The number of carbonyl (C=O) groups excluding carboxylic acids is 2. The molecule has 0 fully saturated rings. The maximum Gasteiger partial charge on any atom is 0.251 e. The fourth-order valence-corrected chi connectivity index (χ4v) is 1.65. The van der Waals surface area contributed by atoms with Gasteiger partial charge >= 0.3 is 0 Å². The summed E-state index contributed by atoms with van der Waals surface area (Å²) in [6.45, 7) is 1.17. The van der Waals surface area contributed by atoms with Crippen LogP contribution in [0.15, 0.2) is 18.2 Å². The molecule has 0 saturated heterocycles. The first-order chi connectivity index (χ1) is 10.1. The molecule has 2 amide bonds. The van der Waals surface area contributed by atoms with Crippen molar-refractivity contribution in [3.8, 4) is 5.75 Å². The normalized spacial score (nSPS) is 10.0. The number of methoxy groups -OCH3 is 2. The van der Waals surface area contributed by atoms with E-state index in [0.717, 1.165) is 0 Å². The second kappa shape index (κ2) is 8.80. The quantitative estimate of drug-likeness (QED) is 0.468. The molecule has 4 N–H and O–H groups in total. The fraction of sp³-hybridized carbons (Fsp3) is 0.429. The molecule has 1 aromatic rings. The molecule has 7 nitrogen and oxygen atoms in total. The second-order valence-electron chi connectivity index (χ2n) is 4.31. The summed E-state index contributed by atoms with van der Waals surface area (Å²) in [6, 6.07) is 4.78. The van der Waals surface area contributed by atoms with Crippen LogP contribution in [0.4, 0.5) is 5.69 Å². The second-order valence-corrected chi connectivity index (χ2v) is 4.31. The number of benzene rings is 1. The maximum absolute atomic E-state index is 11.9. The summed E-state index contributed by atoms with van der Waals surface area (Å²) in [6.07, 6.45) is 0.209. The van der Waals surface area contributed by atoms with Gasteiger partial charge in [-0.3, -0.25) is 9.59 Å². The van der Waals surface area contributed by atoms with Crippen LogP contribution in [0.1, 0.15) is 16.8 Å². The third kappa shape index (κ3) is 5.70. The molecule has 0 aliphatic rings. The SMILES string of the molecule is COCCNC(=O)CCNC(=O)c1ccc(OC)c(N)c1. The van der Waals surface area contributed by atoms with E-state index in [4.69, 9.17) is 15.2 Å². The molecule has 0 heterocycles. The van der Waals surface area contributed by atoms with E-state index in [-0.39, 0.29) is 24.8 Å². The zero-order valence-corrected chi connectivity index (χ0v) is 12.3. The predicted octanol–water partition coefficient (Wildman–Crippen LogP) is 0.160. The van der Waals surface area contributed by atoms with E-state index in [2.05, 4.69) is 10.6 Å². The Morgan fingerprint density at radius 1 is 1.19 bits per heavy atom. The van der Waals surface area contributed by atoms with Crippen LogP contribution in [-0.2, 0) is 9.53 Å². The molecule has 116 valence electrons. The van der Waals surface area contributed by atoms with Crippen LogP contribution in [0.25, 0.3) is 0 Å². The number of anilines is 1. The number of hydrogen-bond acceptors (Lipinski definition) is 5. The molecule has 0 atom stereocenters. The Hall–Kier alpha value is -2.28. The minimum Gasteiger partial charge on any atom is -0.495 e. The predicted molar refractivity (Wildman–Crippen MR) is 79.2 cm³/mol. The highest BCUT2D eigenvalue weighted by molar-refractivity contribution is 5.95. The van der Waals surface area contributed by atoms with Gasteiger partial charge in [0.05, 0.1) is 19.4 Å². The van der Waals surface area contributed by atoms with Gasteiger partial charge in [0.15, 0.2) is 0 Å². The first kappa shape index (κ1) is 16.8. The van der Waals surface area contributed by atoms with Gasteiger partial charge in [-0.05, 0) is 18.2 Å². The van der Waals surface area contributed by atoms with Crippen LogP contribution >= 0.6 is 0 Å². The lowest BCUT2D eigenvalue weighted by Crippen LogP contribution is -2.32. The molecule has 7 heteroatoms. The minimum absolute atomic E-state index is 0.137. The molecule has 0 aliphatic carbocycles. The Bertz CT molecular complexity index is 491. The van der Waals surface area contributed by atoms with E-state index in [1.165, 1.54) is 13.2 Å². The van der Waals surface area contributed by atoms with Crippen LogP contribution in [0, 0.1) is 0 Å². The van der Waals surface area contributed by atoms with Gasteiger partial charge in [-0.15, -0.1) is 0 Å². The van der Waals surface area contributed by atoms with Gasteiger partial charge in [0.25, 0.3) is 5.91 Å². The Kier molecular flexibility index (Phi) is 7.03. The standard InChI is InChI=1S/C14H21N3O4/c1-20-8-7-16-13(18)5-6-17-14(19)10-3-4-12(21-2)11(15)9-10/h3-4,9H,5-8,15H2,1-2H3,(H,16,18)(H,17,19). The molecule has 0 spiro atoms. The smallest absolute Gasteiger partial charge is 0.251 e. The van der Waals surface area contributed by atoms with Crippen molar-refractivity contribution in [3.63, 3.8) is 0 Å². The summed E-state index contributed by atoms with van der Waals surface area (Å²) in [5.41, 5.74) is 6.55. The molecular formula is C14H21N3O4. The van der Waals surface area contributed by atoms with Crippen molar-refractivity contribution < 1.29 is 19.1 Å². The molecule has 0 bridgehead atoms. The van der Waals surface area contributed by atoms with E-state index < -0.39 is 0 Å². The molecule has 1 aromatic carbocycles. The summed E-state index contributed by atoms with van der Waals surface area (Å²) in [5.74, 6) is 0.0970. The number of nitrogens with two attached hydrogens (primary N) is 1. The van der Waals surface area contributed by atoms with E-state index >= 15 is 0 Å². The molecule has 21 heavy (non-hydrogen) atoms. The van der Waals surface area contributed by atoms with E-state index in [9.17, 15) is 9.59 Å². The van der Waals surface area contributed by atoms with Gasteiger partial charge in [0.1, 0.15) is 5.75 Å². The van der Waals surface area contributed by atoms with Crippen molar-refractivity contribution in [1.82, 2.24) is 10.6 Å². The largest absolute Gasteiger partial charge is 0.495 e. The van der Waals surface area contributed by atoms with Crippen LogP contribution in [-0.4, -0.2) is 45.7 Å². The summed E-state index contributed by atoms with van der Waals surface area (Å²) in [4.78, 5) is 23.3. The van der Waals surface area contributed by atoms with E-state index in [1.807, 2.05) is 0 Å². The minimum atomic E-state index is -0.283. The fourth-order valence-electron chi connectivity index (χ4n) is 1.65. The Balaban J connectivity index is 2.37. The zero-order valence-electron chi connectivity index (χ0n) is 12.3. The number of amides is 2. The first-order valence-electron chi connectivity index (χ1n) is 6.55.